The topological polar surface area (TPSA) is 40.5 Å². The van der Waals surface area contributed by atoms with E-state index in [9.17, 15) is 9.90 Å². The summed E-state index contributed by atoms with van der Waals surface area (Å²) in [6.45, 7) is 2.06. The molecule has 4 aliphatic rings. The molecule has 3 aromatic rings. The highest BCUT2D eigenvalue weighted by atomic mass is 35.5. The van der Waals surface area contributed by atoms with Crippen molar-refractivity contribution < 1.29 is 9.90 Å². The van der Waals surface area contributed by atoms with Crippen molar-refractivity contribution in [2.24, 2.45) is 11.3 Å². The SMILES string of the molecule is O=C(O)C12CN(Cc3ccccc3)CC1C1(c3ccc(Cl)c(Cl)c3)CCC2c2ccccc21. The van der Waals surface area contributed by atoms with Crippen molar-refractivity contribution in [3.05, 3.63) is 105 Å². The second-order valence-electron chi connectivity index (χ2n) is 9.83. The molecule has 33 heavy (non-hydrogen) atoms. The van der Waals surface area contributed by atoms with Gasteiger partial charge in [-0.25, -0.2) is 0 Å². The molecule has 2 fully saturated rings. The Morgan fingerprint density at radius 1 is 1.00 bits per heavy atom. The van der Waals surface area contributed by atoms with Gasteiger partial charge in [-0.15, -0.1) is 0 Å². The number of likely N-dealkylation sites (tertiary alicyclic amines) is 1. The number of carboxylic acids is 1. The van der Waals surface area contributed by atoms with E-state index < -0.39 is 16.8 Å². The Bertz CT molecular complexity index is 1250. The third-order valence-corrected chi connectivity index (χ3v) is 9.23. The number of hydrogen-bond donors (Lipinski definition) is 1. The van der Waals surface area contributed by atoms with Crippen molar-refractivity contribution in [3.8, 4) is 0 Å². The summed E-state index contributed by atoms with van der Waals surface area (Å²) in [5, 5.41) is 11.9. The van der Waals surface area contributed by atoms with Crippen LogP contribution in [-0.2, 0) is 16.8 Å². The summed E-state index contributed by atoms with van der Waals surface area (Å²) in [4.78, 5) is 15.5. The Kier molecular flexibility index (Phi) is 4.88. The molecule has 4 unspecified atom stereocenters. The van der Waals surface area contributed by atoms with Gasteiger partial charge >= 0.3 is 5.97 Å². The zero-order chi connectivity index (χ0) is 22.8. The Labute approximate surface area is 203 Å². The first kappa shape index (κ1) is 21.2. The smallest absolute Gasteiger partial charge is 0.311 e. The molecule has 0 radical (unpaired) electrons. The van der Waals surface area contributed by atoms with Gasteiger partial charge in [-0.2, -0.15) is 0 Å². The van der Waals surface area contributed by atoms with Crippen molar-refractivity contribution in [1.82, 2.24) is 4.90 Å². The molecule has 1 aliphatic heterocycles. The lowest BCUT2D eigenvalue weighted by atomic mass is 9.42. The van der Waals surface area contributed by atoms with Gasteiger partial charge in [0.25, 0.3) is 0 Å². The summed E-state index contributed by atoms with van der Waals surface area (Å²) in [5.74, 6) is -0.703. The first-order valence-corrected chi connectivity index (χ1v) is 12.3. The molecule has 5 heteroatoms. The number of carboxylic acid groups (broad SMARTS) is 1. The molecule has 7 rings (SSSR count). The first-order valence-electron chi connectivity index (χ1n) is 11.5. The van der Waals surface area contributed by atoms with Crippen LogP contribution in [0.4, 0.5) is 0 Å². The number of aliphatic carboxylic acids is 1. The van der Waals surface area contributed by atoms with Gasteiger partial charge in [0.05, 0.1) is 15.5 Å². The number of benzene rings is 3. The minimum absolute atomic E-state index is 0.0154. The maximum Gasteiger partial charge on any atom is 0.311 e. The summed E-state index contributed by atoms with van der Waals surface area (Å²) < 4.78 is 0. The molecule has 3 aromatic carbocycles. The summed E-state index contributed by atoms with van der Waals surface area (Å²) in [7, 11) is 0. The van der Waals surface area contributed by atoms with Crippen molar-refractivity contribution in [3.63, 3.8) is 0 Å². The number of rotatable bonds is 4. The van der Waals surface area contributed by atoms with Crippen LogP contribution in [0.1, 0.15) is 41.0 Å². The lowest BCUT2D eigenvalue weighted by molar-refractivity contribution is -0.157. The fraction of sp³-hybridized carbons (Fsp3) is 0.321. The highest BCUT2D eigenvalue weighted by molar-refractivity contribution is 6.42. The van der Waals surface area contributed by atoms with E-state index in [-0.39, 0.29) is 11.8 Å². The summed E-state index contributed by atoms with van der Waals surface area (Å²) in [5.41, 5.74) is 3.53. The molecule has 0 amide bonds. The average molecular weight is 478 g/mol. The highest BCUT2D eigenvalue weighted by Crippen LogP contribution is 2.69. The molecule has 1 saturated carbocycles. The lowest BCUT2D eigenvalue weighted by Crippen LogP contribution is -2.60. The van der Waals surface area contributed by atoms with Crippen molar-refractivity contribution in [2.75, 3.05) is 13.1 Å². The quantitative estimate of drug-likeness (QED) is 0.474. The van der Waals surface area contributed by atoms with Crippen LogP contribution in [0.3, 0.4) is 0 Å². The monoisotopic (exact) mass is 477 g/mol. The van der Waals surface area contributed by atoms with Crippen LogP contribution in [0.25, 0.3) is 0 Å². The van der Waals surface area contributed by atoms with Crippen LogP contribution in [-0.4, -0.2) is 29.1 Å². The number of nitrogens with zero attached hydrogens (tertiary/aromatic N) is 1. The number of carbonyl (C=O) groups is 1. The molecular formula is C28H25Cl2NO2. The Morgan fingerprint density at radius 2 is 1.76 bits per heavy atom. The van der Waals surface area contributed by atoms with Crippen LogP contribution in [0.2, 0.25) is 10.0 Å². The highest BCUT2D eigenvalue weighted by Gasteiger charge is 2.70. The third-order valence-electron chi connectivity index (χ3n) is 8.49. The number of halogens is 2. The minimum Gasteiger partial charge on any atom is -0.481 e. The second kappa shape index (κ2) is 7.59. The average Bonchev–Trinajstić information content (AvgIpc) is 3.24. The van der Waals surface area contributed by atoms with E-state index in [1.54, 1.807) is 0 Å². The van der Waals surface area contributed by atoms with E-state index in [4.69, 9.17) is 23.2 Å². The Balaban J connectivity index is 1.55. The van der Waals surface area contributed by atoms with Gasteiger partial charge < -0.3 is 5.11 Å². The minimum atomic E-state index is -0.826. The third kappa shape index (κ3) is 2.89. The molecule has 168 valence electrons. The van der Waals surface area contributed by atoms with E-state index in [1.165, 1.54) is 16.7 Å². The van der Waals surface area contributed by atoms with Crippen LogP contribution in [0.15, 0.2) is 72.8 Å². The zero-order valence-electron chi connectivity index (χ0n) is 18.2. The number of hydrogen-bond acceptors (Lipinski definition) is 2. The predicted molar refractivity (Wildman–Crippen MR) is 131 cm³/mol. The van der Waals surface area contributed by atoms with Gasteiger partial charge in [-0.05, 0) is 47.2 Å². The van der Waals surface area contributed by atoms with Gasteiger partial charge in [0.1, 0.15) is 0 Å². The molecule has 3 nitrogen and oxygen atoms in total. The van der Waals surface area contributed by atoms with Crippen molar-refractivity contribution in [1.29, 1.82) is 0 Å². The summed E-state index contributed by atoms with van der Waals surface area (Å²) in [6, 6.07) is 24.7. The van der Waals surface area contributed by atoms with Crippen LogP contribution in [0, 0.1) is 11.3 Å². The molecule has 3 aliphatic carbocycles. The van der Waals surface area contributed by atoms with E-state index in [0.717, 1.165) is 31.5 Å². The molecule has 1 heterocycles. The van der Waals surface area contributed by atoms with Gasteiger partial charge in [0.15, 0.2) is 0 Å². The van der Waals surface area contributed by atoms with Crippen LogP contribution < -0.4 is 0 Å². The van der Waals surface area contributed by atoms with E-state index in [0.29, 0.717) is 16.6 Å². The van der Waals surface area contributed by atoms with Gasteiger partial charge in [-0.1, -0.05) is 83.9 Å². The van der Waals surface area contributed by atoms with Crippen LogP contribution in [0.5, 0.6) is 0 Å². The molecular weight excluding hydrogens is 453 g/mol. The lowest BCUT2D eigenvalue weighted by Gasteiger charge is -2.59. The van der Waals surface area contributed by atoms with E-state index in [2.05, 4.69) is 41.3 Å². The Hall–Kier alpha value is -2.33. The molecule has 1 N–H and O–H groups in total. The molecule has 1 saturated heterocycles. The van der Waals surface area contributed by atoms with E-state index >= 15 is 0 Å². The molecule has 4 atom stereocenters. The predicted octanol–water partition coefficient (Wildman–Crippen LogP) is 6.37. The summed E-state index contributed by atoms with van der Waals surface area (Å²) in [6.07, 6.45) is 1.78. The largest absolute Gasteiger partial charge is 0.481 e. The fourth-order valence-electron chi connectivity index (χ4n) is 7.28. The van der Waals surface area contributed by atoms with Crippen molar-refractivity contribution >= 4 is 29.2 Å². The van der Waals surface area contributed by atoms with Gasteiger partial charge in [0, 0.05) is 36.9 Å². The summed E-state index contributed by atoms with van der Waals surface area (Å²) >= 11 is 12.8. The first-order chi connectivity index (χ1) is 16.0. The zero-order valence-corrected chi connectivity index (χ0v) is 19.7. The standard InChI is InChI=1S/C28H25Cl2NO2/c29-23-11-10-19(14-24(23)30)27-13-12-22(20-8-4-5-9-21(20)27)28(26(32)33)17-31(16-25(27)28)15-18-6-2-1-3-7-18/h1-11,14,22,25H,12-13,15-17H2,(H,32,33). The van der Waals surface area contributed by atoms with E-state index in [1.807, 2.05) is 36.4 Å². The molecule has 0 aromatic heterocycles. The van der Waals surface area contributed by atoms with Gasteiger partial charge in [-0.3, -0.25) is 9.69 Å². The second-order valence-corrected chi connectivity index (χ2v) is 10.6. The maximum absolute atomic E-state index is 13.2. The molecule has 2 bridgehead atoms. The maximum atomic E-state index is 13.2. The molecule has 0 spiro atoms. The van der Waals surface area contributed by atoms with Gasteiger partial charge in [0.2, 0.25) is 0 Å². The fourth-order valence-corrected chi connectivity index (χ4v) is 7.58. The normalized spacial score (nSPS) is 30.1. The van der Waals surface area contributed by atoms with Crippen LogP contribution >= 0.6 is 23.2 Å². The van der Waals surface area contributed by atoms with Crippen molar-refractivity contribution in [2.45, 2.75) is 30.7 Å². The Morgan fingerprint density at radius 3 is 2.52 bits per heavy atom. The number of fused-ring (bicyclic) bond motifs is 1.